The third kappa shape index (κ3) is 3.27. The Balaban J connectivity index is 0.000000845. The molecule has 0 unspecified atom stereocenters. The van der Waals surface area contributed by atoms with Crippen molar-refractivity contribution < 1.29 is 4.74 Å². The van der Waals surface area contributed by atoms with Crippen molar-refractivity contribution in [2.75, 3.05) is 19.7 Å². The largest absolute Gasteiger partial charge is 0.375 e. The molecule has 1 aromatic heterocycles. The number of hydrogen-bond acceptors (Lipinski definition) is 3. The number of rotatable bonds is 4. The van der Waals surface area contributed by atoms with Gasteiger partial charge in [-0.2, -0.15) is 0 Å². The topological polar surface area (TPSA) is 21.3 Å². The van der Waals surface area contributed by atoms with Crippen molar-refractivity contribution in [3.8, 4) is 0 Å². The van der Waals surface area contributed by atoms with Crippen LogP contribution in [0.5, 0.6) is 0 Å². The normalized spacial score (nSPS) is 16.3. The second-order valence-corrected chi connectivity index (χ2v) is 4.01. The van der Waals surface area contributed by atoms with Gasteiger partial charge in [-0.1, -0.05) is 6.07 Å². The Bertz CT molecular complexity index is 224. The summed E-state index contributed by atoms with van der Waals surface area (Å²) in [7, 11) is 0. The van der Waals surface area contributed by atoms with Crippen LogP contribution in [0.2, 0.25) is 0 Å². The lowest BCUT2D eigenvalue weighted by molar-refractivity contribution is 0.0210. The maximum Gasteiger partial charge on any atom is 0.0823 e. The summed E-state index contributed by atoms with van der Waals surface area (Å²) in [5.41, 5.74) is 0. The minimum atomic E-state index is 0. The van der Waals surface area contributed by atoms with E-state index in [0.29, 0.717) is 6.10 Å². The van der Waals surface area contributed by atoms with Gasteiger partial charge >= 0.3 is 0 Å². The van der Waals surface area contributed by atoms with Crippen molar-refractivity contribution in [1.29, 1.82) is 0 Å². The van der Waals surface area contributed by atoms with Crippen LogP contribution < -0.4 is 5.32 Å². The number of hydrogen-bond donors (Lipinski definition) is 1. The standard InChI is InChI=1S/C9H13NOS.ClH/c1-2-9(12-5-1)3-4-11-8-6-10-7-8;/h1-2,5,8,10H,3-4,6-7H2;1H. The molecule has 2 nitrogen and oxygen atoms in total. The number of thiophene rings is 1. The van der Waals surface area contributed by atoms with Crippen LogP contribution in [-0.4, -0.2) is 25.8 Å². The zero-order chi connectivity index (χ0) is 8.23. The monoisotopic (exact) mass is 219 g/mol. The molecule has 1 fully saturated rings. The first kappa shape index (κ1) is 11.0. The van der Waals surface area contributed by atoms with Crippen LogP contribution >= 0.6 is 23.7 Å². The lowest BCUT2D eigenvalue weighted by Gasteiger charge is -2.26. The Morgan fingerprint density at radius 1 is 1.54 bits per heavy atom. The van der Waals surface area contributed by atoms with Gasteiger partial charge in [0.2, 0.25) is 0 Å². The maximum absolute atomic E-state index is 5.60. The Morgan fingerprint density at radius 2 is 2.38 bits per heavy atom. The van der Waals surface area contributed by atoms with Gasteiger partial charge in [-0.05, 0) is 11.4 Å². The van der Waals surface area contributed by atoms with E-state index in [4.69, 9.17) is 4.74 Å². The van der Waals surface area contributed by atoms with E-state index in [9.17, 15) is 0 Å². The molecule has 1 saturated heterocycles. The predicted octanol–water partition coefficient (Wildman–Crippen LogP) is 1.70. The van der Waals surface area contributed by atoms with Crippen LogP contribution in [-0.2, 0) is 11.2 Å². The molecule has 0 aliphatic carbocycles. The highest BCUT2D eigenvalue weighted by atomic mass is 35.5. The molecule has 2 heterocycles. The van der Waals surface area contributed by atoms with Gasteiger partial charge in [0.1, 0.15) is 0 Å². The number of ether oxygens (including phenoxy) is 1. The van der Waals surface area contributed by atoms with E-state index in [1.54, 1.807) is 11.3 Å². The molecule has 1 aliphatic heterocycles. The number of nitrogens with one attached hydrogen (secondary N) is 1. The lowest BCUT2D eigenvalue weighted by Crippen LogP contribution is -2.48. The summed E-state index contributed by atoms with van der Waals surface area (Å²) in [5, 5.41) is 5.29. The maximum atomic E-state index is 5.60. The molecule has 0 atom stereocenters. The van der Waals surface area contributed by atoms with Gasteiger partial charge in [0.05, 0.1) is 12.7 Å². The molecule has 74 valence electrons. The molecule has 2 rings (SSSR count). The van der Waals surface area contributed by atoms with Crippen LogP contribution in [0.25, 0.3) is 0 Å². The van der Waals surface area contributed by atoms with Gasteiger partial charge in [-0.3, -0.25) is 0 Å². The molecule has 0 radical (unpaired) electrons. The van der Waals surface area contributed by atoms with E-state index >= 15 is 0 Å². The summed E-state index contributed by atoms with van der Waals surface area (Å²) < 4.78 is 5.60. The molecule has 4 heteroatoms. The minimum Gasteiger partial charge on any atom is -0.375 e. The van der Waals surface area contributed by atoms with Crippen molar-refractivity contribution in [3.05, 3.63) is 22.4 Å². The molecule has 0 amide bonds. The second-order valence-electron chi connectivity index (χ2n) is 2.98. The zero-order valence-corrected chi connectivity index (χ0v) is 9.00. The third-order valence-corrected chi connectivity index (χ3v) is 2.96. The smallest absolute Gasteiger partial charge is 0.0823 e. The summed E-state index contributed by atoms with van der Waals surface area (Å²) in [6.07, 6.45) is 1.54. The van der Waals surface area contributed by atoms with E-state index in [2.05, 4.69) is 22.8 Å². The van der Waals surface area contributed by atoms with Crippen molar-refractivity contribution in [1.82, 2.24) is 5.32 Å². The third-order valence-electron chi connectivity index (χ3n) is 2.03. The first-order chi connectivity index (χ1) is 5.95. The average Bonchev–Trinajstić information content (AvgIpc) is 2.46. The van der Waals surface area contributed by atoms with Gasteiger partial charge in [0.15, 0.2) is 0 Å². The summed E-state index contributed by atoms with van der Waals surface area (Å²) in [4.78, 5) is 1.42. The fraction of sp³-hybridized carbons (Fsp3) is 0.556. The summed E-state index contributed by atoms with van der Waals surface area (Å²) in [6.45, 7) is 2.93. The van der Waals surface area contributed by atoms with Crippen LogP contribution in [0.1, 0.15) is 4.88 Å². The quantitative estimate of drug-likeness (QED) is 0.833. The van der Waals surface area contributed by atoms with E-state index in [1.807, 2.05) is 0 Å². The van der Waals surface area contributed by atoms with Crippen LogP contribution in [0, 0.1) is 0 Å². The first-order valence-corrected chi connectivity index (χ1v) is 5.18. The van der Waals surface area contributed by atoms with Crippen LogP contribution in [0.15, 0.2) is 17.5 Å². The second kappa shape index (κ2) is 5.60. The molecular formula is C9H14ClNOS. The highest BCUT2D eigenvalue weighted by Crippen LogP contribution is 2.09. The average molecular weight is 220 g/mol. The van der Waals surface area contributed by atoms with Gasteiger partial charge in [-0.15, -0.1) is 23.7 Å². The van der Waals surface area contributed by atoms with Crippen LogP contribution in [0.3, 0.4) is 0 Å². The molecule has 0 saturated carbocycles. The van der Waals surface area contributed by atoms with Crippen molar-refractivity contribution in [2.24, 2.45) is 0 Å². The van der Waals surface area contributed by atoms with E-state index in [-0.39, 0.29) is 12.4 Å². The molecule has 1 aliphatic rings. The first-order valence-electron chi connectivity index (χ1n) is 4.30. The van der Waals surface area contributed by atoms with Crippen molar-refractivity contribution >= 4 is 23.7 Å². The van der Waals surface area contributed by atoms with Gasteiger partial charge in [0, 0.05) is 24.4 Å². The Labute approximate surface area is 88.7 Å². The van der Waals surface area contributed by atoms with Crippen molar-refractivity contribution in [2.45, 2.75) is 12.5 Å². The predicted molar refractivity (Wildman–Crippen MR) is 57.9 cm³/mol. The SMILES string of the molecule is Cl.c1csc(CCOC2CNC2)c1. The van der Waals surface area contributed by atoms with E-state index in [0.717, 1.165) is 26.1 Å². The van der Waals surface area contributed by atoms with E-state index in [1.165, 1.54) is 4.88 Å². The summed E-state index contributed by atoms with van der Waals surface area (Å²) in [6, 6.07) is 4.25. The highest BCUT2D eigenvalue weighted by molar-refractivity contribution is 7.09. The lowest BCUT2D eigenvalue weighted by atomic mass is 10.2. The molecule has 13 heavy (non-hydrogen) atoms. The van der Waals surface area contributed by atoms with Gasteiger partial charge < -0.3 is 10.1 Å². The Morgan fingerprint density at radius 3 is 2.92 bits per heavy atom. The molecule has 1 aromatic rings. The minimum absolute atomic E-state index is 0. The Kier molecular flexibility index (Phi) is 4.73. The van der Waals surface area contributed by atoms with Crippen LogP contribution in [0.4, 0.5) is 0 Å². The molecule has 1 N–H and O–H groups in total. The fourth-order valence-electron chi connectivity index (χ4n) is 1.16. The molecule has 0 spiro atoms. The Hall–Kier alpha value is -0.0900. The number of halogens is 1. The zero-order valence-electron chi connectivity index (χ0n) is 7.36. The molecular weight excluding hydrogens is 206 g/mol. The van der Waals surface area contributed by atoms with Gasteiger partial charge in [0.25, 0.3) is 0 Å². The summed E-state index contributed by atoms with van der Waals surface area (Å²) in [5.74, 6) is 0. The highest BCUT2D eigenvalue weighted by Gasteiger charge is 2.16. The summed E-state index contributed by atoms with van der Waals surface area (Å²) >= 11 is 1.80. The molecule has 0 aromatic carbocycles. The van der Waals surface area contributed by atoms with E-state index < -0.39 is 0 Å². The molecule has 0 bridgehead atoms. The van der Waals surface area contributed by atoms with Crippen molar-refractivity contribution in [3.63, 3.8) is 0 Å². The fourth-order valence-corrected chi connectivity index (χ4v) is 1.85. The van der Waals surface area contributed by atoms with Gasteiger partial charge in [-0.25, -0.2) is 0 Å².